The Bertz CT molecular complexity index is 920. The SMILES string of the molecule is CCCNC(=O)CN(C)C(=O)NC[C@@H](c1cccs1)c1c[nH]c2ccccc12. The summed E-state index contributed by atoms with van der Waals surface area (Å²) in [6.07, 6.45) is 2.89. The van der Waals surface area contributed by atoms with Crippen molar-refractivity contribution in [3.8, 4) is 0 Å². The molecule has 0 fully saturated rings. The fraction of sp³-hybridized carbons (Fsp3) is 0.333. The van der Waals surface area contributed by atoms with Crippen molar-refractivity contribution in [2.45, 2.75) is 19.3 Å². The van der Waals surface area contributed by atoms with Crippen molar-refractivity contribution in [2.24, 2.45) is 0 Å². The molecule has 148 valence electrons. The normalized spacial score (nSPS) is 11.9. The molecular weight excluding hydrogens is 372 g/mol. The highest BCUT2D eigenvalue weighted by molar-refractivity contribution is 7.10. The third-order valence-electron chi connectivity index (χ3n) is 4.64. The molecule has 6 nitrogen and oxygen atoms in total. The van der Waals surface area contributed by atoms with Gasteiger partial charge in [0.25, 0.3) is 0 Å². The second-order valence-corrected chi connectivity index (χ2v) is 7.73. The summed E-state index contributed by atoms with van der Waals surface area (Å²) < 4.78 is 0. The summed E-state index contributed by atoms with van der Waals surface area (Å²) in [6, 6.07) is 12.0. The number of nitrogens with zero attached hydrogens (tertiary/aromatic N) is 1. The lowest BCUT2D eigenvalue weighted by atomic mass is 9.97. The summed E-state index contributed by atoms with van der Waals surface area (Å²) in [6.45, 7) is 3.12. The molecule has 1 aromatic carbocycles. The van der Waals surface area contributed by atoms with E-state index in [9.17, 15) is 9.59 Å². The lowest BCUT2D eigenvalue weighted by Crippen LogP contribution is -2.44. The molecule has 0 radical (unpaired) electrons. The van der Waals surface area contributed by atoms with Crippen LogP contribution in [-0.4, -0.2) is 48.5 Å². The van der Waals surface area contributed by atoms with Crippen LogP contribution >= 0.6 is 11.3 Å². The van der Waals surface area contributed by atoms with Gasteiger partial charge in [-0.15, -0.1) is 11.3 Å². The van der Waals surface area contributed by atoms with Gasteiger partial charge in [-0.25, -0.2) is 4.79 Å². The standard InChI is InChI=1S/C21H26N4O2S/c1-3-10-22-20(26)14-25(2)21(27)24-13-17(19-9-6-11-28-19)16-12-23-18-8-5-4-7-15(16)18/h4-9,11-12,17,23H,3,10,13-14H2,1-2H3,(H,22,26)(H,24,27)/t17-/m1/s1. The number of likely N-dealkylation sites (N-methyl/N-ethyl adjacent to an activating group) is 1. The fourth-order valence-electron chi connectivity index (χ4n) is 3.17. The predicted octanol–water partition coefficient (Wildman–Crippen LogP) is 3.53. The molecule has 3 aromatic rings. The van der Waals surface area contributed by atoms with Crippen molar-refractivity contribution in [2.75, 3.05) is 26.7 Å². The third-order valence-corrected chi connectivity index (χ3v) is 5.63. The van der Waals surface area contributed by atoms with E-state index in [1.54, 1.807) is 18.4 Å². The lowest BCUT2D eigenvalue weighted by molar-refractivity contribution is -0.121. The molecule has 1 atom stereocenters. The number of aromatic nitrogens is 1. The molecular formula is C21H26N4O2S. The molecule has 0 aliphatic rings. The van der Waals surface area contributed by atoms with E-state index in [-0.39, 0.29) is 24.4 Å². The van der Waals surface area contributed by atoms with Crippen LogP contribution in [0.3, 0.4) is 0 Å². The first kappa shape index (κ1) is 19.9. The Morgan fingerprint density at radius 3 is 2.75 bits per heavy atom. The van der Waals surface area contributed by atoms with Gasteiger partial charge in [0.15, 0.2) is 0 Å². The van der Waals surface area contributed by atoms with Crippen LogP contribution in [0.15, 0.2) is 48.0 Å². The van der Waals surface area contributed by atoms with Crippen LogP contribution in [-0.2, 0) is 4.79 Å². The van der Waals surface area contributed by atoms with Crippen LogP contribution in [0.4, 0.5) is 4.79 Å². The molecule has 0 unspecified atom stereocenters. The first-order chi connectivity index (χ1) is 13.6. The molecule has 2 aromatic heterocycles. The van der Waals surface area contributed by atoms with Crippen molar-refractivity contribution in [1.82, 2.24) is 20.5 Å². The lowest BCUT2D eigenvalue weighted by Gasteiger charge is -2.21. The average Bonchev–Trinajstić information content (AvgIpc) is 3.37. The van der Waals surface area contributed by atoms with E-state index in [4.69, 9.17) is 0 Å². The second-order valence-electron chi connectivity index (χ2n) is 6.75. The van der Waals surface area contributed by atoms with Crippen LogP contribution in [0.25, 0.3) is 10.9 Å². The maximum Gasteiger partial charge on any atom is 0.317 e. The molecule has 0 bridgehead atoms. The smallest absolute Gasteiger partial charge is 0.317 e. The summed E-state index contributed by atoms with van der Waals surface area (Å²) in [5.74, 6) is -0.103. The van der Waals surface area contributed by atoms with Gasteiger partial charge in [-0.05, 0) is 29.5 Å². The average molecular weight is 399 g/mol. The van der Waals surface area contributed by atoms with Crippen molar-refractivity contribution in [1.29, 1.82) is 0 Å². The number of nitrogens with one attached hydrogen (secondary N) is 3. The summed E-state index contributed by atoms with van der Waals surface area (Å²) in [7, 11) is 1.63. The van der Waals surface area contributed by atoms with Crippen LogP contribution < -0.4 is 10.6 Å². The monoisotopic (exact) mass is 398 g/mol. The number of carbonyl (C=O) groups is 2. The fourth-order valence-corrected chi connectivity index (χ4v) is 4.01. The van der Waals surface area contributed by atoms with Gasteiger partial charge in [-0.2, -0.15) is 0 Å². The number of urea groups is 1. The molecule has 0 saturated carbocycles. The molecule has 0 saturated heterocycles. The van der Waals surface area contributed by atoms with Gasteiger partial charge in [0.2, 0.25) is 5.91 Å². The van der Waals surface area contributed by atoms with E-state index in [2.05, 4.69) is 27.8 Å². The minimum absolute atomic E-state index is 0.0439. The Kier molecular flexibility index (Phi) is 6.71. The molecule has 0 aliphatic carbocycles. The molecule has 7 heteroatoms. The third kappa shape index (κ3) is 4.72. The first-order valence-corrected chi connectivity index (χ1v) is 10.3. The van der Waals surface area contributed by atoms with E-state index < -0.39 is 0 Å². The van der Waals surface area contributed by atoms with Crippen molar-refractivity contribution in [3.05, 3.63) is 58.4 Å². The summed E-state index contributed by atoms with van der Waals surface area (Å²) in [5.41, 5.74) is 2.23. The molecule has 2 heterocycles. The van der Waals surface area contributed by atoms with Crippen molar-refractivity contribution in [3.63, 3.8) is 0 Å². The number of H-pyrrole nitrogens is 1. The molecule has 3 amide bonds. The van der Waals surface area contributed by atoms with Gasteiger partial charge in [0.1, 0.15) is 6.54 Å². The number of carbonyl (C=O) groups excluding carboxylic acids is 2. The van der Waals surface area contributed by atoms with Gasteiger partial charge < -0.3 is 20.5 Å². The van der Waals surface area contributed by atoms with Gasteiger partial charge in [-0.3, -0.25) is 4.79 Å². The number of aromatic amines is 1. The molecule has 0 aliphatic heterocycles. The predicted molar refractivity (Wildman–Crippen MR) is 114 cm³/mol. The highest BCUT2D eigenvalue weighted by Crippen LogP contribution is 2.32. The zero-order chi connectivity index (χ0) is 19.9. The Morgan fingerprint density at radius 1 is 1.18 bits per heavy atom. The number of para-hydroxylation sites is 1. The number of amides is 3. The highest BCUT2D eigenvalue weighted by Gasteiger charge is 2.21. The largest absolute Gasteiger partial charge is 0.361 e. The minimum Gasteiger partial charge on any atom is -0.361 e. The number of fused-ring (bicyclic) bond motifs is 1. The van der Waals surface area contributed by atoms with Gasteiger partial charge in [0.05, 0.1) is 0 Å². The van der Waals surface area contributed by atoms with Crippen molar-refractivity contribution < 1.29 is 9.59 Å². The Morgan fingerprint density at radius 2 is 2.00 bits per heavy atom. The zero-order valence-corrected chi connectivity index (χ0v) is 17.0. The Balaban J connectivity index is 1.69. The van der Waals surface area contributed by atoms with E-state index in [1.807, 2.05) is 42.8 Å². The van der Waals surface area contributed by atoms with Gasteiger partial charge >= 0.3 is 6.03 Å². The first-order valence-electron chi connectivity index (χ1n) is 9.45. The van der Waals surface area contributed by atoms with E-state index in [1.165, 1.54) is 9.78 Å². The maximum absolute atomic E-state index is 12.5. The van der Waals surface area contributed by atoms with Gasteiger partial charge in [-0.1, -0.05) is 31.2 Å². The number of hydrogen-bond donors (Lipinski definition) is 3. The van der Waals surface area contributed by atoms with Gasteiger partial charge in [0, 0.05) is 48.0 Å². The number of benzene rings is 1. The molecule has 3 N–H and O–H groups in total. The quantitative estimate of drug-likeness (QED) is 0.543. The summed E-state index contributed by atoms with van der Waals surface area (Å²) in [5, 5.41) is 8.97. The molecule has 28 heavy (non-hydrogen) atoms. The van der Waals surface area contributed by atoms with Crippen LogP contribution in [0.2, 0.25) is 0 Å². The number of hydrogen-bond acceptors (Lipinski definition) is 3. The van der Waals surface area contributed by atoms with Crippen LogP contribution in [0.5, 0.6) is 0 Å². The summed E-state index contributed by atoms with van der Waals surface area (Å²) in [4.78, 5) is 30.2. The topological polar surface area (TPSA) is 77.2 Å². The van der Waals surface area contributed by atoms with Crippen LogP contribution in [0, 0.1) is 0 Å². The molecule has 3 rings (SSSR count). The zero-order valence-electron chi connectivity index (χ0n) is 16.2. The Labute approximate surface area is 168 Å². The maximum atomic E-state index is 12.5. The summed E-state index contributed by atoms with van der Waals surface area (Å²) >= 11 is 1.67. The minimum atomic E-state index is -0.256. The van der Waals surface area contributed by atoms with E-state index in [0.29, 0.717) is 13.1 Å². The number of rotatable bonds is 8. The second kappa shape index (κ2) is 9.41. The Hall–Kier alpha value is -2.80. The van der Waals surface area contributed by atoms with E-state index in [0.717, 1.165) is 22.9 Å². The van der Waals surface area contributed by atoms with E-state index >= 15 is 0 Å². The number of thiophene rings is 1. The van der Waals surface area contributed by atoms with Crippen LogP contribution in [0.1, 0.15) is 29.7 Å². The van der Waals surface area contributed by atoms with Crippen molar-refractivity contribution >= 4 is 34.2 Å². The highest BCUT2D eigenvalue weighted by atomic mass is 32.1. The molecule has 0 spiro atoms.